The number of hydrogen-bond donors (Lipinski definition) is 0. The number of nitrogens with zero attached hydrogens (tertiary/aromatic N) is 1. The van der Waals surface area contributed by atoms with Gasteiger partial charge in [-0.05, 0) is 13.0 Å². The predicted molar refractivity (Wildman–Crippen MR) is 52.7 cm³/mol. The second-order valence-corrected chi connectivity index (χ2v) is 5.09. The zero-order valence-corrected chi connectivity index (χ0v) is 9.25. The first-order valence-corrected chi connectivity index (χ1v) is 6.30. The van der Waals surface area contributed by atoms with Crippen LogP contribution in [0.2, 0.25) is 0 Å². The first kappa shape index (κ1) is 11.9. The van der Waals surface area contributed by atoms with Gasteiger partial charge in [0.2, 0.25) is 0 Å². The summed E-state index contributed by atoms with van der Waals surface area (Å²) in [5, 5.41) is 0. The van der Waals surface area contributed by atoms with Crippen LogP contribution in [0.4, 0.5) is 0 Å². The van der Waals surface area contributed by atoms with Gasteiger partial charge in [0.1, 0.15) is 0 Å². The molecular weight excluding hydrogens is 206 g/mol. The minimum Gasteiger partial charge on any atom is -0.379 e. The van der Waals surface area contributed by atoms with Crippen molar-refractivity contribution < 1.29 is 17.3 Å². The lowest BCUT2D eigenvalue weighted by Crippen LogP contribution is -2.37. The molecule has 0 aromatic heterocycles. The summed E-state index contributed by atoms with van der Waals surface area (Å²) in [5.74, 6) is 0.0981. The molecule has 0 N–H and O–H groups in total. The molecule has 0 spiro atoms. The van der Waals surface area contributed by atoms with Crippen molar-refractivity contribution in [3.8, 4) is 0 Å². The maximum absolute atomic E-state index is 11.0. The fraction of sp³-hybridized carbons (Fsp3) is 1.00. The van der Waals surface area contributed by atoms with Gasteiger partial charge >= 0.3 is 0 Å². The Labute approximate surface area is 85.1 Å². The second kappa shape index (κ2) is 5.65. The van der Waals surface area contributed by atoms with Crippen LogP contribution in [0.15, 0.2) is 0 Å². The fourth-order valence-electron chi connectivity index (χ4n) is 1.37. The average Bonchev–Trinajstić information content (AvgIpc) is 2.19. The van der Waals surface area contributed by atoms with Gasteiger partial charge in [-0.1, -0.05) is 0 Å². The number of hydrogen-bond acceptors (Lipinski definition) is 5. The molecule has 1 fully saturated rings. The lowest BCUT2D eigenvalue weighted by atomic mass is 10.4. The standard InChI is InChI=1S/C8H17NO4S/c1-12-14(10,11)8-2-3-9-4-6-13-7-5-9/h2-8H2,1H3. The molecule has 0 radical (unpaired) electrons. The fourth-order valence-corrected chi connectivity index (χ4v) is 2.02. The van der Waals surface area contributed by atoms with Crippen LogP contribution in [0.25, 0.3) is 0 Å². The van der Waals surface area contributed by atoms with E-state index < -0.39 is 10.1 Å². The molecule has 0 bridgehead atoms. The first-order valence-electron chi connectivity index (χ1n) is 4.72. The molecule has 1 heterocycles. The van der Waals surface area contributed by atoms with E-state index in [1.54, 1.807) is 0 Å². The maximum atomic E-state index is 11.0. The highest BCUT2D eigenvalue weighted by atomic mass is 32.2. The highest BCUT2D eigenvalue weighted by molar-refractivity contribution is 7.86. The Bertz CT molecular complexity index is 246. The summed E-state index contributed by atoms with van der Waals surface area (Å²) in [5.41, 5.74) is 0. The van der Waals surface area contributed by atoms with Gasteiger partial charge in [0.15, 0.2) is 0 Å². The van der Waals surface area contributed by atoms with Crippen molar-refractivity contribution in [3.63, 3.8) is 0 Å². The van der Waals surface area contributed by atoms with Gasteiger partial charge in [-0.25, -0.2) is 0 Å². The van der Waals surface area contributed by atoms with Crippen LogP contribution < -0.4 is 0 Å². The van der Waals surface area contributed by atoms with Crippen molar-refractivity contribution in [1.82, 2.24) is 4.90 Å². The van der Waals surface area contributed by atoms with Crippen LogP contribution in [-0.4, -0.2) is 59.0 Å². The number of morpholine rings is 1. The minimum absolute atomic E-state index is 0.0981. The Morgan fingerprint density at radius 1 is 1.36 bits per heavy atom. The van der Waals surface area contributed by atoms with Gasteiger partial charge in [-0.15, -0.1) is 0 Å². The van der Waals surface area contributed by atoms with E-state index >= 15 is 0 Å². The SMILES string of the molecule is COS(=O)(=O)CCCN1CCOCC1. The van der Waals surface area contributed by atoms with Gasteiger partial charge in [-0.2, -0.15) is 8.42 Å². The summed E-state index contributed by atoms with van der Waals surface area (Å²) in [6, 6.07) is 0. The Hall–Kier alpha value is -0.170. The van der Waals surface area contributed by atoms with Crippen LogP contribution in [-0.2, 0) is 19.0 Å². The summed E-state index contributed by atoms with van der Waals surface area (Å²) in [6.45, 7) is 4.08. The second-order valence-electron chi connectivity index (χ2n) is 3.24. The van der Waals surface area contributed by atoms with Crippen molar-refractivity contribution in [2.75, 3.05) is 45.7 Å². The van der Waals surface area contributed by atoms with E-state index in [1.807, 2.05) is 0 Å². The molecule has 1 saturated heterocycles. The van der Waals surface area contributed by atoms with E-state index in [4.69, 9.17) is 4.74 Å². The smallest absolute Gasteiger partial charge is 0.267 e. The van der Waals surface area contributed by atoms with Crippen molar-refractivity contribution in [3.05, 3.63) is 0 Å². The maximum Gasteiger partial charge on any atom is 0.267 e. The molecule has 6 heteroatoms. The van der Waals surface area contributed by atoms with Crippen molar-refractivity contribution in [2.45, 2.75) is 6.42 Å². The normalized spacial score (nSPS) is 19.8. The van der Waals surface area contributed by atoms with Crippen LogP contribution in [0.3, 0.4) is 0 Å². The van der Waals surface area contributed by atoms with E-state index in [-0.39, 0.29) is 5.75 Å². The summed E-state index contributed by atoms with van der Waals surface area (Å²) in [4.78, 5) is 2.20. The third-order valence-corrected chi connectivity index (χ3v) is 3.52. The molecule has 1 aliphatic rings. The monoisotopic (exact) mass is 223 g/mol. The lowest BCUT2D eigenvalue weighted by molar-refractivity contribution is 0.0380. The minimum atomic E-state index is -3.28. The van der Waals surface area contributed by atoms with Crippen LogP contribution in [0.5, 0.6) is 0 Å². The molecule has 0 unspecified atom stereocenters. The summed E-state index contributed by atoms with van der Waals surface area (Å²) < 4.78 is 31.5. The summed E-state index contributed by atoms with van der Waals surface area (Å²) >= 11 is 0. The van der Waals surface area contributed by atoms with Crippen LogP contribution >= 0.6 is 0 Å². The molecule has 1 aliphatic heterocycles. The van der Waals surface area contributed by atoms with Crippen LogP contribution in [0.1, 0.15) is 6.42 Å². The van der Waals surface area contributed by atoms with Gasteiger partial charge in [0, 0.05) is 13.1 Å². The van der Waals surface area contributed by atoms with E-state index in [0.717, 1.165) is 32.8 Å². The third-order valence-electron chi connectivity index (χ3n) is 2.23. The van der Waals surface area contributed by atoms with Crippen molar-refractivity contribution in [2.24, 2.45) is 0 Å². The van der Waals surface area contributed by atoms with E-state index in [1.165, 1.54) is 7.11 Å². The Balaban J connectivity index is 2.14. The molecule has 0 atom stereocenters. The molecule has 0 amide bonds. The van der Waals surface area contributed by atoms with E-state index in [9.17, 15) is 8.42 Å². The average molecular weight is 223 g/mol. The Morgan fingerprint density at radius 2 is 2.00 bits per heavy atom. The molecule has 1 rings (SSSR count). The van der Waals surface area contributed by atoms with Gasteiger partial charge in [0.25, 0.3) is 10.1 Å². The zero-order chi connectivity index (χ0) is 10.4. The molecule has 0 aromatic rings. The van der Waals surface area contributed by atoms with Gasteiger partial charge in [-0.3, -0.25) is 9.08 Å². The highest BCUT2D eigenvalue weighted by Gasteiger charge is 2.12. The van der Waals surface area contributed by atoms with Crippen LogP contribution in [0, 0.1) is 0 Å². The van der Waals surface area contributed by atoms with Gasteiger partial charge in [0.05, 0.1) is 26.1 Å². The molecule has 0 aromatic carbocycles. The number of ether oxygens (including phenoxy) is 1. The first-order chi connectivity index (χ1) is 6.64. The summed E-state index contributed by atoms with van der Waals surface area (Å²) in [7, 11) is -2.08. The van der Waals surface area contributed by atoms with Crippen molar-refractivity contribution >= 4 is 10.1 Å². The quantitative estimate of drug-likeness (QED) is 0.598. The van der Waals surface area contributed by atoms with E-state index in [2.05, 4.69) is 9.08 Å². The highest BCUT2D eigenvalue weighted by Crippen LogP contribution is 2.00. The Morgan fingerprint density at radius 3 is 2.57 bits per heavy atom. The van der Waals surface area contributed by atoms with E-state index in [0.29, 0.717) is 6.42 Å². The molecule has 5 nitrogen and oxygen atoms in total. The predicted octanol–water partition coefficient (Wildman–Crippen LogP) is -0.315. The molecule has 0 saturated carbocycles. The largest absolute Gasteiger partial charge is 0.379 e. The van der Waals surface area contributed by atoms with Crippen molar-refractivity contribution in [1.29, 1.82) is 0 Å². The zero-order valence-electron chi connectivity index (χ0n) is 8.44. The molecule has 84 valence electrons. The topological polar surface area (TPSA) is 55.8 Å². The summed E-state index contributed by atoms with van der Waals surface area (Å²) in [6.07, 6.45) is 0.621. The third kappa shape index (κ3) is 4.36. The molecular formula is C8H17NO4S. The lowest BCUT2D eigenvalue weighted by Gasteiger charge is -2.26. The molecule has 0 aliphatic carbocycles. The van der Waals surface area contributed by atoms with Gasteiger partial charge < -0.3 is 4.74 Å². The number of rotatable bonds is 5. The Kier molecular flexibility index (Phi) is 4.80. The molecule has 14 heavy (non-hydrogen) atoms.